The van der Waals surface area contributed by atoms with E-state index in [2.05, 4.69) is 85.8 Å². The summed E-state index contributed by atoms with van der Waals surface area (Å²) in [7, 11) is 0.304. The van der Waals surface area contributed by atoms with Crippen molar-refractivity contribution < 1.29 is 5.11 Å². The zero-order valence-electron chi connectivity index (χ0n) is 23.9. The fraction of sp³-hybridized carbons (Fsp3) is 0.167. The van der Waals surface area contributed by atoms with Crippen molar-refractivity contribution in [2.45, 2.75) is 40.4 Å². The van der Waals surface area contributed by atoms with Crippen molar-refractivity contribution in [3.8, 4) is 16.9 Å². The number of hydrogen-bond donors (Lipinski definition) is 1. The largest absolute Gasteiger partial charge is 0.507 e. The SMILES string of the molecule is C/C=C\C(=C/C)c1ccc(C2N=C(c3ccc(-c4ccccc4)cc3)N=C(c3ccc(C)cc3O)P2)cc1.CC. The van der Waals surface area contributed by atoms with Crippen LogP contribution in [0.25, 0.3) is 16.7 Å². The Balaban J connectivity index is 0.00000181. The molecule has 4 heteroatoms. The third kappa shape index (κ3) is 6.73. The topological polar surface area (TPSA) is 45.0 Å². The van der Waals surface area contributed by atoms with E-state index in [1.807, 2.05) is 58.0 Å². The number of allylic oxidation sites excluding steroid dienone is 4. The molecular weight excluding hydrogens is 507 g/mol. The third-order valence-electron chi connectivity index (χ3n) is 6.62. The van der Waals surface area contributed by atoms with Crippen molar-refractivity contribution >= 4 is 25.4 Å². The maximum atomic E-state index is 10.8. The molecule has 0 saturated carbocycles. The summed E-state index contributed by atoms with van der Waals surface area (Å²) in [6.07, 6.45) is 6.30. The lowest BCUT2D eigenvalue weighted by atomic mass is 10.0. The standard InChI is InChI=1S/C34H31N2OP.C2H6/c1-4-9-24(5-2)26-15-19-29(20-16-26)33-35-32(36-34(38-33)30-21-12-23(3)22-31(30)37)28-17-13-27(14-18-28)25-10-7-6-8-11-25;1-2/h4-22,33,37-38H,1-3H3;1-2H3/b9-4-,24-5+;. The molecule has 0 saturated heterocycles. The maximum Gasteiger partial charge on any atom is 0.156 e. The molecule has 40 heavy (non-hydrogen) atoms. The van der Waals surface area contributed by atoms with Gasteiger partial charge in [0.25, 0.3) is 0 Å². The van der Waals surface area contributed by atoms with Crippen LogP contribution in [-0.4, -0.2) is 16.4 Å². The molecule has 0 aromatic heterocycles. The van der Waals surface area contributed by atoms with Crippen LogP contribution < -0.4 is 0 Å². The molecular formula is C36H37N2OP. The molecule has 0 radical (unpaired) electrons. The summed E-state index contributed by atoms with van der Waals surface area (Å²) in [6.45, 7) is 10.1. The first-order chi connectivity index (χ1) is 19.6. The highest BCUT2D eigenvalue weighted by Crippen LogP contribution is 2.44. The van der Waals surface area contributed by atoms with Gasteiger partial charge in [-0.1, -0.05) is 117 Å². The molecule has 4 aromatic carbocycles. The summed E-state index contributed by atoms with van der Waals surface area (Å²) in [5.74, 6) is 0.877. The minimum absolute atomic E-state index is 0.0724. The Hall–Kier alpha value is -4.07. The van der Waals surface area contributed by atoms with Crippen LogP contribution in [0.5, 0.6) is 5.75 Å². The first-order valence-corrected chi connectivity index (χ1v) is 14.9. The fourth-order valence-electron chi connectivity index (χ4n) is 4.57. The highest BCUT2D eigenvalue weighted by atomic mass is 31.1. The van der Waals surface area contributed by atoms with E-state index < -0.39 is 0 Å². The Morgan fingerprint density at radius 1 is 0.800 bits per heavy atom. The molecule has 3 nitrogen and oxygen atoms in total. The summed E-state index contributed by atoms with van der Waals surface area (Å²) < 4.78 is 0. The molecule has 0 bridgehead atoms. The Kier molecular flexibility index (Phi) is 10.00. The number of benzene rings is 4. The summed E-state index contributed by atoms with van der Waals surface area (Å²) in [5, 5.41) is 10.8. The van der Waals surface area contributed by atoms with Gasteiger partial charge in [0.2, 0.25) is 0 Å². The summed E-state index contributed by atoms with van der Waals surface area (Å²) >= 11 is 0. The van der Waals surface area contributed by atoms with Gasteiger partial charge in [-0.05, 0) is 74.9 Å². The lowest BCUT2D eigenvalue weighted by molar-refractivity contribution is 0.474. The van der Waals surface area contributed by atoms with Crippen LogP contribution in [0.4, 0.5) is 0 Å². The molecule has 0 spiro atoms. The van der Waals surface area contributed by atoms with Gasteiger partial charge in [0.05, 0.1) is 11.2 Å². The zero-order chi connectivity index (χ0) is 28.5. The number of phenolic OH excluding ortho intramolecular Hbond substituents is 1. The predicted octanol–water partition coefficient (Wildman–Crippen LogP) is 9.96. The second-order valence-electron chi connectivity index (χ2n) is 9.29. The van der Waals surface area contributed by atoms with Crippen LogP contribution in [-0.2, 0) is 0 Å². The molecule has 4 aromatic rings. The molecule has 0 amide bonds. The molecule has 0 fully saturated rings. The van der Waals surface area contributed by atoms with Gasteiger partial charge in [-0.25, -0.2) is 4.99 Å². The molecule has 2 unspecified atom stereocenters. The summed E-state index contributed by atoms with van der Waals surface area (Å²) in [6, 6.07) is 33.2. The fourth-order valence-corrected chi connectivity index (χ4v) is 5.91. The predicted molar refractivity (Wildman–Crippen MR) is 175 cm³/mol. The molecule has 5 rings (SSSR count). The number of aromatic hydroxyl groups is 1. The van der Waals surface area contributed by atoms with Crippen LogP contribution in [0.3, 0.4) is 0 Å². The van der Waals surface area contributed by atoms with Gasteiger partial charge in [0.1, 0.15) is 5.75 Å². The van der Waals surface area contributed by atoms with Gasteiger partial charge in [0.15, 0.2) is 5.84 Å². The van der Waals surface area contributed by atoms with E-state index in [0.717, 1.165) is 33.3 Å². The number of aryl methyl sites for hydroxylation is 1. The van der Waals surface area contributed by atoms with Crippen molar-refractivity contribution in [3.05, 3.63) is 143 Å². The van der Waals surface area contributed by atoms with E-state index in [0.29, 0.717) is 14.4 Å². The summed E-state index contributed by atoms with van der Waals surface area (Å²) in [4.78, 5) is 10.1. The van der Waals surface area contributed by atoms with Gasteiger partial charge in [0, 0.05) is 11.1 Å². The van der Waals surface area contributed by atoms with E-state index in [-0.39, 0.29) is 11.5 Å². The number of rotatable bonds is 6. The number of phenols is 1. The molecule has 1 aliphatic rings. The molecule has 0 aliphatic carbocycles. The van der Waals surface area contributed by atoms with Crippen molar-refractivity contribution in [3.63, 3.8) is 0 Å². The Labute approximate surface area is 240 Å². The molecule has 1 heterocycles. The van der Waals surface area contributed by atoms with E-state index in [4.69, 9.17) is 9.98 Å². The second kappa shape index (κ2) is 13.8. The second-order valence-corrected chi connectivity index (χ2v) is 10.6. The van der Waals surface area contributed by atoms with E-state index >= 15 is 0 Å². The monoisotopic (exact) mass is 544 g/mol. The van der Waals surface area contributed by atoms with Crippen molar-refractivity contribution in [1.82, 2.24) is 0 Å². The third-order valence-corrected chi connectivity index (χ3v) is 8.01. The van der Waals surface area contributed by atoms with Gasteiger partial charge in [-0.2, -0.15) is 0 Å². The highest BCUT2D eigenvalue weighted by molar-refractivity contribution is 7.60. The van der Waals surface area contributed by atoms with Crippen LogP contribution in [0.2, 0.25) is 0 Å². The molecule has 1 aliphatic heterocycles. The van der Waals surface area contributed by atoms with Crippen LogP contribution in [0.1, 0.15) is 61.3 Å². The quantitative estimate of drug-likeness (QED) is 0.190. The van der Waals surface area contributed by atoms with Crippen molar-refractivity contribution in [2.24, 2.45) is 9.98 Å². The first kappa shape index (κ1) is 28.9. The minimum atomic E-state index is -0.0724. The minimum Gasteiger partial charge on any atom is -0.507 e. The molecule has 202 valence electrons. The summed E-state index contributed by atoms with van der Waals surface area (Å²) in [5.41, 5.74) is 9.47. The van der Waals surface area contributed by atoms with E-state index in [1.165, 1.54) is 16.7 Å². The number of aliphatic imine (C=N–C) groups is 2. The number of hydrogen-bond acceptors (Lipinski definition) is 3. The average Bonchev–Trinajstić information content (AvgIpc) is 3.01. The maximum absolute atomic E-state index is 10.8. The Bertz CT molecular complexity index is 1550. The number of amidine groups is 1. The van der Waals surface area contributed by atoms with E-state index in [1.54, 1.807) is 6.07 Å². The Morgan fingerprint density at radius 3 is 2.08 bits per heavy atom. The van der Waals surface area contributed by atoms with Crippen LogP contribution in [0, 0.1) is 6.92 Å². The average molecular weight is 545 g/mol. The van der Waals surface area contributed by atoms with Gasteiger partial charge in [-0.15, -0.1) is 0 Å². The van der Waals surface area contributed by atoms with Crippen LogP contribution >= 0.6 is 8.58 Å². The smallest absolute Gasteiger partial charge is 0.156 e. The van der Waals surface area contributed by atoms with Gasteiger partial charge >= 0.3 is 0 Å². The number of nitrogens with zero attached hydrogens (tertiary/aromatic N) is 2. The van der Waals surface area contributed by atoms with Crippen molar-refractivity contribution in [1.29, 1.82) is 0 Å². The molecule has 2 atom stereocenters. The van der Waals surface area contributed by atoms with Gasteiger partial charge < -0.3 is 5.11 Å². The molecule has 1 N–H and O–H groups in total. The van der Waals surface area contributed by atoms with E-state index in [9.17, 15) is 5.11 Å². The lowest BCUT2D eigenvalue weighted by Gasteiger charge is -2.22. The lowest BCUT2D eigenvalue weighted by Crippen LogP contribution is -2.11. The Morgan fingerprint density at radius 2 is 1.45 bits per heavy atom. The zero-order valence-corrected chi connectivity index (χ0v) is 24.9. The van der Waals surface area contributed by atoms with Gasteiger partial charge in [-0.3, -0.25) is 4.99 Å². The highest BCUT2D eigenvalue weighted by Gasteiger charge is 2.23. The van der Waals surface area contributed by atoms with Crippen LogP contribution in [0.15, 0.2) is 125 Å². The normalized spacial score (nSPS) is 15.8. The van der Waals surface area contributed by atoms with Crippen molar-refractivity contribution in [2.75, 3.05) is 0 Å². The first-order valence-electron chi connectivity index (χ1n) is 13.8.